The Bertz CT molecular complexity index is 58.7. The fourth-order valence-electron chi connectivity index (χ4n) is 0.387. The minimum absolute atomic E-state index is 0.0648. The molecule has 3 heteroatoms. The third-order valence-corrected chi connectivity index (χ3v) is 1.07. The van der Waals surface area contributed by atoms with Gasteiger partial charge in [-0.3, -0.25) is 4.79 Å². The first-order valence-corrected chi connectivity index (χ1v) is 2.57. The van der Waals surface area contributed by atoms with Crippen molar-refractivity contribution in [2.75, 3.05) is 0 Å². The summed E-state index contributed by atoms with van der Waals surface area (Å²) in [4.78, 5) is 8.36. The van der Waals surface area contributed by atoms with E-state index in [0.717, 1.165) is 12.8 Å². The van der Waals surface area contributed by atoms with Gasteiger partial charge in [0.1, 0.15) is 0 Å². The lowest BCUT2D eigenvalue weighted by Gasteiger charge is -2.17. The van der Waals surface area contributed by atoms with Crippen LogP contribution in [-0.2, 0) is 4.79 Å². The molecule has 0 aromatic heterocycles. The van der Waals surface area contributed by atoms with Crippen molar-refractivity contribution >= 4 is 6.47 Å². The summed E-state index contributed by atoms with van der Waals surface area (Å²) in [6, 6.07) is 0. The van der Waals surface area contributed by atoms with Gasteiger partial charge in [-0.15, -0.1) is 0 Å². The second kappa shape index (κ2) is 4.59. The SMILES string of the molecule is O=CO.OC1CCC1. The van der Waals surface area contributed by atoms with Gasteiger partial charge in [0.2, 0.25) is 0 Å². The fourth-order valence-corrected chi connectivity index (χ4v) is 0.387. The summed E-state index contributed by atoms with van der Waals surface area (Å²) in [5, 5.41) is 15.3. The molecule has 0 heterocycles. The number of carboxylic acid groups (broad SMARTS) is 1. The van der Waals surface area contributed by atoms with E-state index < -0.39 is 0 Å². The Hall–Kier alpha value is -0.570. The highest BCUT2D eigenvalue weighted by Crippen LogP contribution is 2.16. The molecule has 0 aromatic rings. The summed E-state index contributed by atoms with van der Waals surface area (Å²) < 4.78 is 0. The minimum Gasteiger partial charge on any atom is -0.483 e. The summed E-state index contributed by atoms with van der Waals surface area (Å²) in [5.41, 5.74) is 0. The highest BCUT2D eigenvalue weighted by atomic mass is 16.3. The quantitative estimate of drug-likeness (QED) is 0.448. The molecule has 0 atom stereocenters. The van der Waals surface area contributed by atoms with Crippen molar-refractivity contribution < 1.29 is 15.0 Å². The largest absolute Gasteiger partial charge is 0.483 e. The molecule has 1 saturated carbocycles. The smallest absolute Gasteiger partial charge is 0.290 e. The van der Waals surface area contributed by atoms with Crippen LogP contribution in [0.5, 0.6) is 0 Å². The molecule has 1 fully saturated rings. The summed E-state index contributed by atoms with van der Waals surface area (Å²) >= 11 is 0. The Morgan fingerprint density at radius 3 is 1.75 bits per heavy atom. The van der Waals surface area contributed by atoms with Crippen LogP contribution in [0.2, 0.25) is 0 Å². The number of aliphatic hydroxyl groups excluding tert-OH is 1. The van der Waals surface area contributed by atoms with Crippen LogP contribution in [0.3, 0.4) is 0 Å². The molecule has 0 radical (unpaired) electrons. The average Bonchev–Trinajstić information content (AvgIpc) is 1.64. The van der Waals surface area contributed by atoms with Crippen LogP contribution in [-0.4, -0.2) is 22.8 Å². The van der Waals surface area contributed by atoms with Crippen LogP contribution in [0, 0.1) is 0 Å². The van der Waals surface area contributed by atoms with E-state index in [1.807, 2.05) is 0 Å². The summed E-state index contributed by atoms with van der Waals surface area (Å²) in [5.74, 6) is 0. The molecule has 2 N–H and O–H groups in total. The number of hydrogen-bond acceptors (Lipinski definition) is 2. The third-order valence-electron chi connectivity index (χ3n) is 1.07. The van der Waals surface area contributed by atoms with Gasteiger partial charge < -0.3 is 10.2 Å². The molecule has 1 aliphatic carbocycles. The molecule has 48 valence electrons. The zero-order valence-corrected chi connectivity index (χ0v) is 4.58. The van der Waals surface area contributed by atoms with Gasteiger partial charge in [-0.25, -0.2) is 0 Å². The van der Waals surface area contributed by atoms with E-state index >= 15 is 0 Å². The van der Waals surface area contributed by atoms with E-state index in [1.165, 1.54) is 6.42 Å². The molecule has 8 heavy (non-hydrogen) atoms. The Labute approximate surface area is 47.9 Å². The van der Waals surface area contributed by atoms with Gasteiger partial charge in [-0.05, 0) is 19.3 Å². The van der Waals surface area contributed by atoms with Crippen LogP contribution in [0.15, 0.2) is 0 Å². The summed E-state index contributed by atoms with van der Waals surface area (Å²) in [6.45, 7) is -0.250. The first-order valence-electron chi connectivity index (χ1n) is 2.57. The Morgan fingerprint density at radius 2 is 1.75 bits per heavy atom. The third kappa shape index (κ3) is 3.61. The first-order chi connectivity index (χ1) is 3.81. The first kappa shape index (κ1) is 7.43. The number of rotatable bonds is 0. The van der Waals surface area contributed by atoms with Crippen LogP contribution in [0.25, 0.3) is 0 Å². The van der Waals surface area contributed by atoms with Gasteiger partial charge >= 0.3 is 0 Å². The van der Waals surface area contributed by atoms with E-state index in [9.17, 15) is 0 Å². The van der Waals surface area contributed by atoms with Gasteiger partial charge in [-0.2, -0.15) is 0 Å². The van der Waals surface area contributed by atoms with E-state index in [2.05, 4.69) is 0 Å². The molecule has 0 unspecified atom stereocenters. The van der Waals surface area contributed by atoms with Crippen molar-refractivity contribution in [3.05, 3.63) is 0 Å². The maximum absolute atomic E-state index is 8.45. The lowest BCUT2D eigenvalue weighted by molar-refractivity contribution is -0.122. The van der Waals surface area contributed by atoms with Gasteiger partial charge in [-0.1, -0.05) is 0 Å². The fraction of sp³-hybridized carbons (Fsp3) is 0.800. The van der Waals surface area contributed by atoms with Crippen LogP contribution in [0.4, 0.5) is 0 Å². The zero-order valence-electron chi connectivity index (χ0n) is 4.58. The van der Waals surface area contributed by atoms with Gasteiger partial charge in [0, 0.05) is 0 Å². The lowest BCUT2D eigenvalue weighted by atomic mass is 9.97. The standard InChI is InChI=1S/C4H8O.CH2O2/c5-4-2-1-3-4;2-1-3/h4-5H,1-3H2;1H,(H,2,3). The highest BCUT2D eigenvalue weighted by molar-refractivity contribution is 5.32. The van der Waals surface area contributed by atoms with Crippen molar-refractivity contribution in [2.24, 2.45) is 0 Å². The van der Waals surface area contributed by atoms with Crippen molar-refractivity contribution in [1.82, 2.24) is 0 Å². The second-order valence-electron chi connectivity index (χ2n) is 1.69. The lowest BCUT2D eigenvalue weighted by Crippen LogP contribution is -2.15. The van der Waals surface area contributed by atoms with Crippen molar-refractivity contribution in [3.63, 3.8) is 0 Å². The molecule has 1 aliphatic rings. The average molecular weight is 118 g/mol. The number of carbonyl (C=O) groups is 1. The molecular formula is C5H10O3. The molecule has 0 aliphatic heterocycles. The van der Waals surface area contributed by atoms with Gasteiger partial charge in [0.05, 0.1) is 6.10 Å². The number of hydrogen-bond donors (Lipinski definition) is 2. The van der Waals surface area contributed by atoms with Crippen LogP contribution < -0.4 is 0 Å². The van der Waals surface area contributed by atoms with Gasteiger partial charge in [0.15, 0.2) is 0 Å². The van der Waals surface area contributed by atoms with Crippen molar-refractivity contribution in [2.45, 2.75) is 25.4 Å². The maximum atomic E-state index is 8.45. The maximum Gasteiger partial charge on any atom is 0.290 e. The van der Waals surface area contributed by atoms with E-state index in [1.54, 1.807) is 0 Å². The van der Waals surface area contributed by atoms with E-state index in [4.69, 9.17) is 15.0 Å². The van der Waals surface area contributed by atoms with E-state index in [-0.39, 0.29) is 12.6 Å². The number of aliphatic hydroxyl groups is 1. The normalized spacial score (nSPS) is 17.6. The summed E-state index contributed by atoms with van der Waals surface area (Å²) in [7, 11) is 0. The topological polar surface area (TPSA) is 57.5 Å². The Morgan fingerprint density at radius 1 is 1.50 bits per heavy atom. The predicted molar refractivity (Wildman–Crippen MR) is 28.6 cm³/mol. The molecule has 0 aromatic carbocycles. The zero-order chi connectivity index (χ0) is 6.41. The van der Waals surface area contributed by atoms with Crippen LogP contribution >= 0.6 is 0 Å². The molecule has 1 rings (SSSR count). The highest BCUT2D eigenvalue weighted by Gasteiger charge is 2.11. The molecule has 0 amide bonds. The van der Waals surface area contributed by atoms with Crippen LogP contribution in [0.1, 0.15) is 19.3 Å². The molecular weight excluding hydrogens is 108 g/mol. The Balaban J connectivity index is 0.000000145. The van der Waals surface area contributed by atoms with Crippen molar-refractivity contribution in [1.29, 1.82) is 0 Å². The monoisotopic (exact) mass is 118 g/mol. The Kier molecular flexibility index (Phi) is 4.26. The molecule has 0 spiro atoms. The molecule has 0 saturated heterocycles. The second-order valence-corrected chi connectivity index (χ2v) is 1.69. The molecule has 0 bridgehead atoms. The van der Waals surface area contributed by atoms with Gasteiger partial charge in [0.25, 0.3) is 6.47 Å². The summed E-state index contributed by atoms with van der Waals surface area (Å²) in [6.07, 6.45) is 3.39. The molecule has 3 nitrogen and oxygen atoms in total. The van der Waals surface area contributed by atoms with Crippen molar-refractivity contribution in [3.8, 4) is 0 Å². The van der Waals surface area contributed by atoms with E-state index in [0.29, 0.717) is 0 Å². The minimum atomic E-state index is -0.250. The predicted octanol–water partition coefficient (Wildman–Crippen LogP) is 0.232.